The van der Waals surface area contributed by atoms with E-state index in [1.54, 1.807) is 0 Å². The summed E-state index contributed by atoms with van der Waals surface area (Å²) in [5.41, 5.74) is 10.3. The minimum absolute atomic E-state index is 0.0818. The molecule has 1 aromatic carbocycles. The molecule has 39 heavy (non-hydrogen) atoms. The van der Waals surface area contributed by atoms with Gasteiger partial charge >= 0.3 is 0 Å². The predicted octanol–water partition coefficient (Wildman–Crippen LogP) is 1.60. The van der Waals surface area contributed by atoms with Crippen molar-refractivity contribution in [2.24, 2.45) is 16.8 Å². The number of nitrogens with zero attached hydrogens (tertiary/aromatic N) is 3. The Bertz CT molecular complexity index is 1270. The van der Waals surface area contributed by atoms with Gasteiger partial charge < -0.3 is 20.4 Å². The van der Waals surface area contributed by atoms with Gasteiger partial charge in [-0.3, -0.25) is 14.5 Å². The third-order valence-corrected chi connectivity index (χ3v) is 9.00. The summed E-state index contributed by atoms with van der Waals surface area (Å²) in [6, 6.07) is 8.46. The van der Waals surface area contributed by atoms with Crippen molar-refractivity contribution in [3.05, 3.63) is 65.4 Å². The minimum Gasteiger partial charge on any atom is -0.368 e. The average molecular weight is 529 g/mol. The van der Waals surface area contributed by atoms with E-state index in [2.05, 4.69) is 64.9 Å². The van der Waals surface area contributed by atoms with Crippen LogP contribution >= 0.6 is 0 Å². The number of amidine groups is 1. The average Bonchev–Trinajstić information content (AvgIpc) is 3.77. The molecule has 9 nitrogen and oxygen atoms in total. The Kier molecular flexibility index (Phi) is 6.37. The van der Waals surface area contributed by atoms with E-state index in [0.717, 1.165) is 50.2 Å². The Morgan fingerprint density at radius 1 is 1.15 bits per heavy atom. The van der Waals surface area contributed by atoms with Crippen molar-refractivity contribution >= 4 is 23.2 Å². The molecule has 3 N–H and O–H groups in total. The second-order valence-electron chi connectivity index (χ2n) is 11.6. The van der Waals surface area contributed by atoms with E-state index >= 15 is 0 Å². The highest BCUT2D eigenvalue weighted by molar-refractivity contribution is 6.16. The molecule has 7 rings (SSSR count). The van der Waals surface area contributed by atoms with E-state index in [1.165, 1.54) is 16.7 Å². The molecule has 3 fully saturated rings. The molecule has 1 unspecified atom stereocenters. The first-order chi connectivity index (χ1) is 19.1. The summed E-state index contributed by atoms with van der Waals surface area (Å²) in [5, 5.41) is 3.24. The molecule has 6 aliphatic rings. The lowest BCUT2D eigenvalue weighted by Gasteiger charge is -2.35. The maximum Gasteiger partial charge on any atom is 0.258 e. The molecule has 3 atom stereocenters. The number of hydrogen-bond donors (Lipinski definition) is 3. The Morgan fingerprint density at radius 3 is 2.67 bits per heavy atom. The van der Waals surface area contributed by atoms with Gasteiger partial charge in [0.2, 0.25) is 0 Å². The van der Waals surface area contributed by atoms with Crippen LogP contribution < -0.4 is 16.2 Å². The Hall–Kier alpha value is -3.27. The van der Waals surface area contributed by atoms with E-state index in [9.17, 15) is 9.59 Å². The second kappa shape index (κ2) is 10.0. The van der Waals surface area contributed by atoms with Crippen molar-refractivity contribution in [2.45, 2.75) is 37.3 Å². The van der Waals surface area contributed by atoms with Gasteiger partial charge in [-0.25, -0.2) is 10.4 Å². The molecule has 5 aliphatic heterocycles. The summed E-state index contributed by atoms with van der Waals surface area (Å²) in [7, 11) is 0. The molecule has 0 bridgehead atoms. The van der Waals surface area contributed by atoms with Crippen LogP contribution in [0.2, 0.25) is 0 Å². The molecule has 0 aromatic heterocycles. The van der Waals surface area contributed by atoms with Gasteiger partial charge in [0, 0.05) is 63.6 Å². The molecule has 0 saturated carbocycles. The van der Waals surface area contributed by atoms with Gasteiger partial charge in [0.1, 0.15) is 11.9 Å². The zero-order valence-corrected chi connectivity index (χ0v) is 22.2. The largest absolute Gasteiger partial charge is 0.368 e. The van der Waals surface area contributed by atoms with Crippen LogP contribution in [0.4, 0.5) is 0 Å². The van der Waals surface area contributed by atoms with Gasteiger partial charge in [-0.2, -0.15) is 0 Å². The molecule has 3 saturated heterocycles. The van der Waals surface area contributed by atoms with Gasteiger partial charge in [0.05, 0.1) is 0 Å². The molecule has 1 aliphatic carbocycles. The minimum atomic E-state index is -0.678. The molecular formula is C30H36N6O3. The van der Waals surface area contributed by atoms with Crippen molar-refractivity contribution in [3.63, 3.8) is 0 Å². The summed E-state index contributed by atoms with van der Waals surface area (Å²) in [5.74, 6) is 1.62. The van der Waals surface area contributed by atoms with Crippen LogP contribution in [-0.4, -0.2) is 85.0 Å². The summed E-state index contributed by atoms with van der Waals surface area (Å²) < 4.78 is 5.62. The number of amides is 2. The van der Waals surface area contributed by atoms with Crippen molar-refractivity contribution in [2.75, 3.05) is 45.9 Å². The third-order valence-electron chi connectivity index (χ3n) is 9.00. The first kappa shape index (κ1) is 24.7. The molecular weight excluding hydrogens is 492 g/mol. The first-order valence-electron chi connectivity index (χ1n) is 14.3. The van der Waals surface area contributed by atoms with Crippen LogP contribution in [0.15, 0.2) is 59.3 Å². The van der Waals surface area contributed by atoms with Crippen molar-refractivity contribution in [3.8, 4) is 0 Å². The van der Waals surface area contributed by atoms with Crippen LogP contribution in [0.25, 0.3) is 5.57 Å². The Morgan fingerprint density at radius 2 is 2.00 bits per heavy atom. The highest BCUT2D eigenvalue weighted by atomic mass is 16.5. The molecule has 9 heteroatoms. The van der Waals surface area contributed by atoms with Crippen LogP contribution in [0.1, 0.15) is 36.8 Å². The summed E-state index contributed by atoms with van der Waals surface area (Å²) in [6.07, 6.45) is 12.2. The van der Waals surface area contributed by atoms with Crippen molar-refractivity contribution in [1.82, 2.24) is 26.0 Å². The number of allylic oxidation sites excluding steroid dienone is 4. The van der Waals surface area contributed by atoms with Crippen LogP contribution in [0, 0.1) is 11.8 Å². The number of ether oxygens (including phenoxy) is 1. The maximum atomic E-state index is 13.6. The third kappa shape index (κ3) is 4.52. The highest BCUT2D eigenvalue weighted by Gasteiger charge is 2.53. The number of carbonyl (C=O) groups is 2. The highest BCUT2D eigenvalue weighted by Crippen LogP contribution is 2.33. The van der Waals surface area contributed by atoms with Crippen molar-refractivity contribution in [1.29, 1.82) is 0 Å². The Labute approximate surface area is 229 Å². The fourth-order valence-corrected chi connectivity index (χ4v) is 6.56. The van der Waals surface area contributed by atoms with E-state index in [4.69, 9.17) is 9.73 Å². The predicted molar refractivity (Wildman–Crippen MR) is 148 cm³/mol. The van der Waals surface area contributed by atoms with Gasteiger partial charge in [-0.1, -0.05) is 42.5 Å². The molecule has 204 valence electrons. The smallest absolute Gasteiger partial charge is 0.258 e. The molecule has 1 aromatic rings. The normalized spacial score (nSPS) is 29.4. The van der Waals surface area contributed by atoms with E-state index < -0.39 is 5.54 Å². The number of nitrogens with one attached hydrogen (secondary N) is 3. The molecule has 1 spiro atoms. The fraction of sp³-hybridized carbons (Fsp3) is 0.500. The number of benzene rings is 1. The summed E-state index contributed by atoms with van der Waals surface area (Å²) in [4.78, 5) is 35.3. The fourth-order valence-electron chi connectivity index (χ4n) is 6.56. The zero-order chi connectivity index (χ0) is 26.4. The van der Waals surface area contributed by atoms with Gasteiger partial charge in [-0.15, -0.1) is 0 Å². The lowest BCUT2D eigenvalue weighted by atomic mass is 9.88. The number of likely N-dealkylation sites (tertiary alicyclic amines) is 1. The van der Waals surface area contributed by atoms with Gasteiger partial charge in [0.25, 0.3) is 11.8 Å². The lowest BCUT2D eigenvalue weighted by Crippen LogP contribution is -2.63. The first-order valence-corrected chi connectivity index (χ1v) is 14.3. The lowest BCUT2D eigenvalue weighted by molar-refractivity contribution is -0.139. The molecule has 2 amide bonds. The summed E-state index contributed by atoms with van der Waals surface area (Å²) >= 11 is 0. The number of hydrazine groups is 1. The Balaban J connectivity index is 1.05. The van der Waals surface area contributed by atoms with E-state index in [1.807, 2.05) is 9.80 Å². The maximum absolute atomic E-state index is 13.6. The van der Waals surface area contributed by atoms with Gasteiger partial charge in [0.15, 0.2) is 5.54 Å². The number of hydrogen-bond acceptors (Lipinski definition) is 7. The molecule has 5 heterocycles. The topological polar surface area (TPSA) is 98.3 Å². The zero-order valence-electron chi connectivity index (χ0n) is 22.2. The monoisotopic (exact) mass is 528 g/mol. The second-order valence-corrected chi connectivity index (χ2v) is 11.6. The van der Waals surface area contributed by atoms with Gasteiger partial charge in [-0.05, 0) is 48.3 Å². The van der Waals surface area contributed by atoms with Crippen LogP contribution in [0.5, 0.6) is 0 Å². The number of rotatable bonds is 6. The van der Waals surface area contributed by atoms with Crippen molar-refractivity contribution < 1.29 is 14.3 Å². The number of aliphatic imine (C=N–C) groups is 1. The quantitative estimate of drug-likeness (QED) is 0.519. The standard InChI is InChI=1S/C30H36N6O3/c37-28(26-2-1-13-39-26)35-12-11-20(16-35)17-36-27(34-30(29(36)38)18-31-19-30)24-9-7-22(8-10-24)21-3-5-23(6-4-21)25-14-32-33-15-25/h3-5,7-10,14,20,23,26,31-33H,1-2,6,11-13,15-19H2/t20-,23?,26-/m1/s1. The van der Waals surface area contributed by atoms with Crippen LogP contribution in [0.3, 0.4) is 0 Å². The van der Waals surface area contributed by atoms with E-state index in [-0.39, 0.29) is 23.8 Å². The van der Waals surface area contributed by atoms with E-state index in [0.29, 0.717) is 38.7 Å². The summed E-state index contributed by atoms with van der Waals surface area (Å²) in [6.45, 7) is 4.71. The SMILES string of the molecule is O=C([C@H]1CCCO1)N1CC[C@@H](CN2C(=O)C3(CNC3)N=C2c2ccc(C3=CCC(C4=CNNC4)C=C3)cc2)C1. The molecule has 0 radical (unpaired) electrons. The number of carbonyl (C=O) groups excluding carboxylic acids is 2. The van der Waals surface area contributed by atoms with Crippen LogP contribution in [-0.2, 0) is 14.3 Å².